The minimum atomic E-state index is -0.178. The number of aromatic nitrogens is 3. The lowest BCUT2D eigenvalue weighted by atomic mass is 10.2. The van der Waals surface area contributed by atoms with Crippen LogP contribution in [0.25, 0.3) is 11.6 Å². The van der Waals surface area contributed by atoms with Crippen molar-refractivity contribution >= 4 is 5.91 Å². The zero-order valence-corrected chi connectivity index (χ0v) is 13.3. The van der Waals surface area contributed by atoms with Crippen LogP contribution in [0.4, 0.5) is 0 Å². The van der Waals surface area contributed by atoms with Gasteiger partial charge in [0.25, 0.3) is 5.91 Å². The Balaban J connectivity index is 1.33. The number of fused-ring (bicyclic) bond motifs is 1. The molecule has 0 fully saturated rings. The lowest BCUT2D eigenvalue weighted by molar-refractivity contribution is 0.0952. The smallest absolute Gasteiger partial charge is 0.251 e. The number of rotatable bonds is 5. The highest BCUT2D eigenvalue weighted by Gasteiger charge is 2.15. The van der Waals surface area contributed by atoms with Crippen LogP contribution in [0, 0.1) is 0 Å². The minimum Gasteiger partial charge on any atom is -0.486 e. The van der Waals surface area contributed by atoms with Crippen molar-refractivity contribution in [2.75, 3.05) is 19.8 Å². The molecule has 0 saturated carbocycles. The summed E-state index contributed by atoms with van der Waals surface area (Å²) in [4.78, 5) is 16.6. The number of benzene rings is 1. The van der Waals surface area contributed by atoms with Gasteiger partial charge in [0.1, 0.15) is 19.0 Å². The summed E-state index contributed by atoms with van der Waals surface area (Å²) in [5, 5.41) is 9.78. The van der Waals surface area contributed by atoms with E-state index in [9.17, 15) is 4.79 Å². The van der Waals surface area contributed by atoms with E-state index >= 15 is 0 Å². The molecule has 0 aliphatic carbocycles. The first-order valence-electron chi connectivity index (χ1n) is 7.92. The van der Waals surface area contributed by atoms with Gasteiger partial charge in [-0.15, -0.1) is 0 Å². The predicted molar refractivity (Wildman–Crippen MR) is 87.6 cm³/mol. The highest BCUT2D eigenvalue weighted by atomic mass is 16.6. The first-order chi connectivity index (χ1) is 12.3. The molecule has 1 aromatic carbocycles. The normalized spacial score (nSPS) is 12.8. The number of hydrogen-bond donors (Lipinski definition) is 2. The second-order valence-electron chi connectivity index (χ2n) is 5.45. The van der Waals surface area contributed by atoms with E-state index in [1.807, 2.05) is 0 Å². The molecule has 3 heterocycles. The van der Waals surface area contributed by atoms with Crippen LogP contribution in [0.1, 0.15) is 16.2 Å². The van der Waals surface area contributed by atoms with Gasteiger partial charge in [-0.3, -0.25) is 9.89 Å². The van der Waals surface area contributed by atoms with E-state index in [0.717, 1.165) is 0 Å². The minimum absolute atomic E-state index is 0.178. The van der Waals surface area contributed by atoms with Gasteiger partial charge in [-0.05, 0) is 30.3 Å². The molecule has 0 saturated heterocycles. The fourth-order valence-electron chi connectivity index (χ4n) is 2.50. The van der Waals surface area contributed by atoms with Gasteiger partial charge in [0.15, 0.2) is 17.3 Å². The van der Waals surface area contributed by atoms with E-state index < -0.39 is 0 Å². The van der Waals surface area contributed by atoms with Crippen LogP contribution in [-0.2, 0) is 6.42 Å². The highest BCUT2D eigenvalue weighted by Crippen LogP contribution is 2.30. The molecule has 0 unspecified atom stereocenters. The predicted octanol–water partition coefficient (Wildman–Crippen LogP) is 1.81. The summed E-state index contributed by atoms with van der Waals surface area (Å²) in [5.41, 5.74) is 0.526. The van der Waals surface area contributed by atoms with Gasteiger partial charge in [-0.1, -0.05) is 0 Å². The van der Waals surface area contributed by atoms with Gasteiger partial charge < -0.3 is 19.2 Å². The molecule has 128 valence electrons. The monoisotopic (exact) mass is 340 g/mol. The van der Waals surface area contributed by atoms with Crippen molar-refractivity contribution in [2.24, 2.45) is 0 Å². The first kappa shape index (κ1) is 15.3. The number of aromatic amines is 1. The molecule has 1 aliphatic heterocycles. The summed E-state index contributed by atoms with van der Waals surface area (Å²) in [5.74, 6) is 2.85. The Morgan fingerprint density at radius 1 is 1.20 bits per heavy atom. The molecule has 8 heteroatoms. The van der Waals surface area contributed by atoms with Gasteiger partial charge >= 0.3 is 0 Å². The zero-order valence-electron chi connectivity index (χ0n) is 13.3. The Kier molecular flexibility index (Phi) is 4.07. The van der Waals surface area contributed by atoms with Crippen molar-refractivity contribution in [3.63, 3.8) is 0 Å². The van der Waals surface area contributed by atoms with Gasteiger partial charge in [-0.25, -0.2) is 4.98 Å². The van der Waals surface area contributed by atoms with Crippen molar-refractivity contribution in [3.8, 4) is 23.1 Å². The lowest BCUT2D eigenvalue weighted by Gasteiger charge is -2.18. The van der Waals surface area contributed by atoms with E-state index in [1.54, 1.807) is 36.6 Å². The van der Waals surface area contributed by atoms with Gasteiger partial charge in [0.2, 0.25) is 5.82 Å². The average molecular weight is 340 g/mol. The van der Waals surface area contributed by atoms with E-state index in [0.29, 0.717) is 60.7 Å². The van der Waals surface area contributed by atoms with E-state index in [2.05, 4.69) is 20.5 Å². The molecule has 0 bridgehead atoms. The topological polar surface area (TPSA) is 102 Å². The molecule has 1 amide bonds. The molecule has 25 heavy (non-hydrogen) atoms. The third kappa shape index (κ3) is 3.32. The van der Waals surface area contributed by atoms with Crippen LogP contribution in [0.5, 0.6) is 11.5 Å². The fourth-order valence-corrected chi connectivity index (χ4v) is 2.50. The van der Waals surface area contributed by atoms with Gasteiger partial charge in [0.05, 0.1) is 6.26 Å². The third-order valence-corrected chi connectivity index (χ3v) is 3.73. The number of nitrogens with zero attached hydrogens (tertiary/aromatic N) is 2. The quantitative estimate of drug-likeness (QED) is 0.734. The number of H-pyrrole nitrogens is 1. The molecule has 8 nitrogen and oxygen atoms in total. The van der Waals surface area contributed by atoms with E-state index in [4.69, 9.17) is 13.9 Å². The van der Waals surface area contributed by atoms with Crippen LogP contribution in [-0.4, -0.2) is 40.8 Å². The molecular weight excluding hydrogens is 324 g/mol. The Morgan fingerprint density at radius 2 is 2.08 bits per heavy atom. The van der Waals surface area contributed by atoms with Gasteiger partial charge in [0, 0.05) is 18.5 Å². The summed E-state index contributed by atoms with van der Waals surface area (Å²) in [6.45, 7) is 1.44. The first-order valence-corrected chi connectivity index (χ1v) is 7.92. The van der Waals surface area contributed by atoms with Crippen molar-refractivity contribution in [1.82, 2.24) is 20.5 Å². The summed E-state index contributed by atoms with van der Waals surface area (Å²) < 4.78 is 16.2. The molecule has 1 aliphatic rings. The number of ether oxygens (including phenoxy) is 2. The second kappa shape index (κ2) is 6.68. The number of hydrogen-bond acceptors (Lipinski definition) is 6. The molecule has 0 atom stereocenters. The van der Waals surface area contributed by atoms with Crippen LogP contribution < -0.4 is 14.8 Å². The molecule has 0 spiro atoms. The Bertz CT molecular complexity index is 873. The molecule has 3 aromatic rings. The maximum Gasteiger partial charge on any atom is 0.251 e. The highest BCUT2D eigenvalue weighted by molar-refractivity contribution is 5.94. The van der Waals surface area contributed by atoms with Crippen LogP contribution in [0.15, 0.2) is 41.0 Å². The Morgan fingerprint density at radius 3 is 2.92 bits per heavy atom. The largest absolute Gasteiger partial charge is 0.486 e. The number of amides is 1. The van der Waals surface area contributed by atoms with Crippen molar-refractivity contribution < 1.29 is 18.7 Å². The molecule has 0 radical (unpaired) electrons. The van der Waals surface area contributed by atoms with Gasteiger partial charge in [-0.2, -0.15) is 5.10 Å². The number of nitrogens with one attached hydrogen (secondary N) is 2. The van der Waals surface area contributed by atoms with Crippen LogP contribution in [0.3, 0.4) is 0 Å². The summed E-state index contributed by atoms with van der Waals surface area (Å²) in [7, 11) is 0. The number of carbonyl (C=O) groups excluding carboxylic acids is 1. The number of carbonyl (C=O) groups is 1. The average Bonchev–Trinajstić information content (AvgIpc) is 3.32. The van der Waals surface area contributed by atoms with E-state index in [1.165, 1.54) is 0 Å². The van der Waals surface area contributed by atoms with E-state index in [-0.39, 0.29) is 5.91 Å². The SMILES string of the molecule is O=C(NCCc1nc(-c2ccco2)n[nH]1)c1ccc2c(c1)OCCO2. The molecular formula is C17H16N4O4. The summed E-state index contributed by atoms with van der Waals surface area (Å²) >= 11 is 0. The standard InChI is InChI=1S/C17H16N4O4/c22-17(11-3-4-12-14(10-11)25-9-8-24-12)18-6-5-15-19-16(21-20-15)13-2-1-7-23-13/h1-4,7,10H,5-6,8-9H2,(H,18,22)(H,19,20,21). The molecule has 2 N–H and O–H groups in total. The van der Waals surface area contributed by atoms with Crippen LogP contribution in [0.2, 0.25) is 0 Å². The maximum atomic E-state index is 12.2. The second-order valence-corrected chi connectivity index (χ2v) is 5.45. The lowest BCUT2D eigenvalue weighted by Crippen LogP contribution is -2.26. The summed E-state index contributed by atoms with van der Waals surface area (Å²) in [6.07, 6.45) is 2.10. The number of furan rings is 1. The van der Waals surface area contributed by atoms with Crippen molar-refractivity contribution in [3.05, 3.63) is 48.0 Å². The van der Waals surface area contributed by atoms with Crippen molar-refractivity contribution in [2.45, 2.75) is 6.42 Å². The molecule has 2 aromatic heterocycles. The molecule has 4 rings (SSSR count). The summed E-state index contributed by atoms with van der Waals surface area (Å²) in [6, 6.07) is 8.71. The maximum absolute atomic E-state index is 12.2. The Labute approximate surface area is 143 Å². The zero-order chi connectivity index (χ0) is 17.1. The van der Waals surface area contributed by atoms with Crippen LogP contribution >= 0.6 is 0 Å². The van der Waals surface area contributed by atoms with Crippen molar-refractivity contribution in [1.29, 1.82) is 0 Å². The Hall–Kier alpha value is -3.29. The fraction of sp³-hybridized carbons (Fsp3) is 0.235. The third-order valence-electron chi connectivity index (χ3n) is 3.73.